The fourth-order valence-electron chi connectivity index (χ4n) is 4.07. The van der Waals surface area contributed by atoms with Crippen molar-refractivity contribution in [2.45, 2.75) is 45.6 Å². The van der Waals surface area contributed by atoms with Crippen LogP contribution in [0.25, 0.3) is 10.9 Å². The number of pyridine rings is 1. The number of ether oxygens (including phenoxy) is 3. The molecule has 1 amide bonds. The van der Waals surface area contributed by atoms with Gasteiger partial charge in [-0.2, -0.15) is 0 Å². The van der Waals surface area contributed by atoms with E-state index < -0.39 is 5.97 Å². The van der Waals surface area contributed by atoms with Crippen molar-refractivity contribution < 1.29 is 23.8 Å². The number of aryl methyl sites for hydroxylation is 1. The minimum Gasteiger partial charge on any atom is -0.490 e. The lowest BCUT2D eigenvalue weighted by molar-refractivity contribution is -0.125. The molecular weight excluding hydrogens is 398 g/mol. The smallest absolute Gasteiger partial charge is 0.342 e. The Hall–Kier alpha value is -2.87. The lowest BCUT2D eigenvalue weighted by Crippen LogP contribution is -2.35. The first-order valence-electron chi connectivity index (χ1n) is 10.7. The maximum atomic E-state index is 12.4. The van der Waals surface area contributed by atoms with Crippen LogP contribution in [0.3, 0.4) is 0 Å². The zero-order chi connectivity index (χ0) is 22.4. The molecule has 0 unspecified atom stereocenters. The first-order valence-corrected chi connectivity index (χ1v) is 10.7. The van der Waals surface area contributed by atoms with E-state index in [9.17, 15) is 9.59 Å². The summed E-state index contributed by atoms with van der Waals surface area (Å²) in [7, 11) is 1.51. The van der Waals surface area contributed by atoms with E-state index in [2.05, 4.69) is 10.3 Å². The molecule has 1 fully saturated rings. The first kappa shape index (κ1) is 22.8. The average molecular weight is 430 g/mol. The molecule has 2 aromatic rings. The van der Waals surface area contributed by atoms with E-state index in [1.807, 2.05) is 18.2 Å². The van der Waals surface area contributed by atoms with Gasteiger partial charge in [0.15, 0.2) is 0 Å². The van der Waals surface area contributed by atoms with E-state index in [0.29, 0.717) is 46.1 Å². The zero-order valence-corrected chi connectivity index (χ0v) is 18.4. The molecule has 0 radical (unpaired) electrons. The maximum Gasteiger partial charge on any atom is 0.342 e. The quantitative estimate of drug-likeness (QED) is 0.620. The Balaban J connectivity index is 1.72. The van der Waals surface area contributed by atoms with Crippen LogP contribution in [0.5, 0.6) is 5.75 Å². The van der Waals surface area contributed by atoms with Gasteiger partial charge in [-0.3, -0.25) is 9.78 Å². The molecule has 1 aliphatic rings. The number of amides is 1. The second kappa shape index (κ2) is 10.4. The zero-order valence-electron chi connectivity index (χ0n) is 18.4. The Bertz CT molecular complexity index is 938. The van der Waals surface area contributed by atoms with Crippen LogP contribution in [0.4, 0.5) is 5.69 Å². The Kier molecular flexibility index (Phi) is 7.68. The summed E-state index contributed by atoms with van der Waals surface area (Å²) in [6, 6.07) is 5.60. The Morgan fingerprint density at radius 3 is 2.65 bits per heavy atom. The fourth-order valence-corrected chi connectivity index (χ4v) is 4.07. The predicted molar refractivity (Wildman–Crippen MR) is 118 cm³/mol. The standard InChI is InChI=1S/C23H31N3O5/c1-4-30-23(28)20-14(2)26-17-6-5-7-18(21(17)22(20)24)31-16-10-8-15(9-11-16)12-25-19(27)13-29-3/h5-7,15-16H,4,8-13H2,1-3H3,(H2,24,26)(H,25,27)/t15-,16-. The van der Waals surface area contributed by atoms with Crippen molar-refractivity contribution in [3.8, 4) is 5.75 Å². The van der Waals surface area contributed by atoms with Crippen molar-refractivity contribution in [2.24, 2.45) is 5.92 Å². The molecule has 1 aromatic carbocycles. The highest BCUT2D eigenvalue weighted by Crippen LogP contribution is 2.36. The lowest BCUT2D eigenvalue weighted by atomic mass is 9.87. The van der Waals surface area contributed by atoms with Crippen molar-refractivity contribution in [3.63, 3.8) is 0 Å². The van der Waals surface area contributed by atoms with Crippen molar-refractivity contribution >= 4 is 28.5 Å². The van der Waals surface area contributed by atoms with Gasteiger partial charge in [0.05, 0.1) is 35.0 Å². The maximum absolute atomic E-state index is 12.4. The molecule has 31 heavy (non-hydrogen) atoms. The Morgan fingerprint density at radius 1 is 1.23 bits per heavy atom. The number of nitrogen functional groups attached to an aromatic ring is 1. The highest BCUT2D eigenvalue weighted by Gasteiger charge is 2.25. The van der Waals surface area contributed by atoms with Crippen LogP contribution >= 0.6 is 0 Å². The highest BCUT2D eigenvalue weighted by molar-refractivity contribution is 6.07. The van der Waals surface area contributed by atoms with Gasteiger partial charge >= 0.3 is 5.97 Å². The summed E-state index contributed by atoms with van der Waals surface area (Å²) in [5, 5.41) is 3.55. The molecule has 3 rings (SSSR count). The van der Waals surface area contributed by atoms with Gasteiger partial charge in [0, 0.05) is 13.7 Å². The van der Waals surface area contributed by atoms with Crippen LogP contribution in [0, 0.1) is 12.8 Å². The van der Waals surface area contributed by atoms with Crippen molar-refractivity contribution in [1.29, 1.82) is 0 Å². The van der Waals surface area contributed by atoms with Crippen LogP contribution < -0.4 is 15.8 Å². The molecule has 0 atom stereocenters. The van der Waals surface area contributed by atoms with Gasteiger partial charge < -0.3 is 25.3 Å². The number of esters is 1. The molecule has 0 spiro atoms. The minimum absolute atomic E-state index is 0.0447. The summed E-state index contributed by atoms with van der Waals surface area (Å²) in [6.07, 6.45) is 3.73. The number of nitrogens with two attached hydrogens (primary N) is 1. The normalized spacial score (nSPS) is 18.5. The molecule has 8 heteroatoms. The van der Waals surface area contributed by atoms with Crippen molar-refractivity contribution in [2.75, 3.05) is 32.6 Å². The van der Waals surface area contributed by atoms with Gasteiger partial charge in [-0.1, -0.05) is 6.07 Å². The molecule has 0 aliphatic heterocycles. The summed E-state index contributed by atoms with van der Waals surface area (Å²) in [5.41, 5.74) is 8.26. The second-order valence-corrected chi connectivity index (χ2v) is 7.85. The second-order valence-electron chi connectivity index (χ2n) is 7.85. The third-order valence-corrected chi connectivity index (χ3v) is 5.62. The van der Waals surface area contributed by atoms with Gasteiger partial charge in [0.1, 0.15) is 17.9 Å². The number of methoxy groups -OCH3 is 1. The van der Waals surface area contributed by atoms with Gasteiger partial charge in [-0.15, -0.1) is 0 Å². The number of rotatable bonds is 8. The van der Waals surface area contributed by atoms with Gasteiger partial charge in [0.2, 0.25) is 5.91 Å². The monoisotopic (exact) mass is 429 g/mol. The Morgan fingerprint density at radius 2 is 1.97 bits per heavy atom. The topological polar surface area (TPSA) is 113 Å². The number of aromatic nitrogens is 1. The van der Waals surface area contributed by atoms with E-state index in [4.69, 9.17) is 19.9 Å². The summed E-state index contributed by atoms with van der Waals surface area (Å²) < 4.78 is 16.3. The number of hydrogen-bond donors (Lipinski definition) is 2. The number of nitrogens with zero attached hydrogens (tertiary/aromatic N) is 1. The van der Waals surface area contributed by atoms with Crippen LogP contribution in [0.2, 0.25) is 0 Å². The van der Waals surface area contributed by atoms with Gasteiger partial charge in [-0.25, -0.2) is 4.79 Å². The number of carbonyl (C=O) groups is 2. The third kappa shape index (κ3) is 5.44. The number of carbonyl (C=O) groups excluding carboxylic acids is 2. The SMILES string of the molecule is CCOC(=O)c1c(C)nc2cccc(O[C@H]3CC[C@H](CNC(=O)COC)CC3)c2c1N. The predicted octanol–water partition coefficient (Wildman–Crippen LogP) is 3.00. The molecule has 1 aliphatic carbocycles. The largest absolute Gasteiger partial charge is 0.490 e. The van der Waals surface area contributed by atoms with Crippen LogP contribution in [-0.2, 0) is 14.3 Å². The third-order valence-electron chi connectivity index (χ3n) is 5.62. The highest BCUT2D eigenvalue weighted by atomic mass is 16.5. The molecule has 168 valence electrons. The number of nitrogens with one attached hydrogen (secondary N) is 1. The molecule has 8 nitrogen and oxygen atoms in total. The molecular formula is C23H31N3O5. The molecule has 1 aromatic heterocycles. The summed E-state index contributed by atoms with van der Waals surface area (Å²) >= 11 is 0. The number of anilines is 1. The average Bonchev–Trinajstić information content (AvgIpc) is 2.73. The molecule has 0 bridgehead atoms. The summed E-state index contributed by atoms with van der Waals surface area (Å²) in [5.74, 6) is 0.493. The number of benzene rings is 1. The lowest BCUT2D eigenvalue weighted by Gasteiger charge is -2.29. The van der Waals surface area contributed by atoms with E-state index in [1.165, 1.54) is 7.11 Å². The summed E-state index contributed by atoms with van der Waals surface area (Å²) in [6.45, 7) is 4.52. The van der Waals surface area contributed by atoms with Gasteiger partial charge in [0.25, 0.3) is 0 Å². The minimum atomic E-state index is -0.474. The van der Waals surface area contributed by atoms with Crippen molar-refractivity contribution in [1.82, 2.24) is 10.3 Å². The van der Waals surface area contributed by atoms with Crippen LogP contribution in [0.1, 0.15) is 48.7 Å². The van der Waals surface area contributed by atoms with E-state index in [1.54, 1.807) is 13.8 Å². The Labute approximate surface area is 182 Å². The van der Waals surface area contributed by atoms with E-state index in [0.717, 1.165) is 25.7 Å². The summed E-state index contributed by atoms with van der Waals surface area (Å²) in [4.78, 5) is 28.5. The first-order chi connectivity index (χ1) is 14.9. The van der Waals surface area contributed by atoms with Crippen molar-refractivity contribution in [3.05, 3.63) is 29.5 Å². The molecule has 3 N–H and O–H groups in total. The van der Waals surface area contributed by atoms with Crippen LogP contribution in [0.15, 0.2) is 18.2 Å². The molecule has 1 heterocycles. The fraction of sp³-hybridized carbons (Fsp3) is 0.522. The van der Waals surface area contributed by atoms with E-state index in [-0.39, 0.29) is 25.2 Å². The van der Waals surface area contributed by atoms with Crippen LogP contribution in [-0.4, -0.2) is 49.8 Å². The van der Waals surface area contributed by atoms with Gasteiger partial charge in [-0.05, 0) is 57.6 Å². The van der Waals surface area contributed by atoms with E-state index >= 15 is 0 Å². The number of fused-ring (bicyclic) bond motifs is 1. The molecule has 1 saturated carbocycles. The molecule has 0 saturated heterocycles. The number of hydrogen-bond acceptors (Lipinski definition) is 7.